The molecule has 3 rings (SSSR count). The Morgan fingerprint density at radius 3 is 2.32 bits per heavy atom. The zero-order valence-corrected chi connectivity index (χ0v) is 18.0. The molecule has 0 fully saturated rings. The maximum Gasteiger partial charge on any atom is 0.331 e. The van der Waals surface area contributed by atoms with E-state index in [1.165, 1.54) is 17.7 Å². The van der Waals surface area contributed by atoms with Crippen molar-refractivity contribution in [2.45, 2.75) is 26.9 Å². The molecule has 160 valence electrons. The summed E-state index contributed by atoms with van der Waals surface area (Å²) < 4.78 is 8.30. The van der Waals surface area contributed by atoms with Crippen molar-refractivity contribution in [3.05, 3.63) is 87.8 Å². The third-order valence-corrected chi connectivity index (χ3v) is 4.95. The third kappa shape index (κ3) is 5.01. The molecule has 0 aliphatic heterocycles. The Morgan fingerprint density at radius 1 is 1.03 bits per heavy atom. The Morgan fingerprint density at radius 2 is 1.68 bits per heavy atom. The van der Waals surface area contributed by atoms with Crippen LogP contribution in [0.2, 0.25) is 0 Å². The predicted molar refractivity (Wildman–Crippen MR) is 120 cm³/mol. The number of nitrogens with zero attached hydrogens (tertiary/aromatic N) is 2. The zero-order valence-electron chi connectivity index (χ0n) is 18.0. The summed E-state index contributed by atoms with van der Waals surface area (Å²) in [6, 6.07) is 16.8. The van der Waals surface area contributed by atoms with E-state index in [0.717, 1.165) is 11.1 Å². The van der Waals surface area contributed by atoms with Gasteiger partial charge in [0.1, 0.15) is 5.69 Å². The van der Waals surface area contributed by atoms with Crippen LogP contribution in [0.5, 0.6) is 0 Å². The van der Waals surface area contributed by atoms with E-state index in [2.05, 4.69) is 5.32 Å². The molecule has 1 aromatic heterocycles. The number of rotatable bonds is 6. The Balaban J connectivity index is 1.69. The van der Waals surface area contributed by atoms with Gasteiger partial charge in [-0.1, -0.05) is 48.0 Å². The molecule has 2 aromatic carbocycles. The van der Waals surface area contributed by atoms with Crippen LogP contribution >= 0.6 is 0 Å². The standard InChI is InChI=1S/C24H25N3O4/c1-16-10-12-19(13-11-16)14-15-21(28)31-18(3)23(29)25-22-17(2)26(4)27(24(22)30)20-8-6-5-7-9-20/h5-15,18H,1-4H3,(H,25,29)/b15-14+. The Bertz CT molecular complexity index is 1170. The highest BCUT2D eigenvalue weighted by Gasteiger charge is 2.22. The second-order valence-electron chi connectivity index (χ2n) is 7.25. The number of aromatic nitrogens is 2. The van der Waals surface area contributed by atoms with Crippen molar-refractivity contribution in [3.8, 4) is 5.69 Å². The molecule has 0 bridgehead atoms. The number of hydrogen-bond acceptors (Lipinski definition) is 4. The molecule has 1 N–H and O–H groups in total. The summed E-state index contributed by atoms with van der Waals surface area (Å²) in [5.74, 6) is -1.22. The number of amides is 1. The monoisotopic (exact) mass is 419 g/mol. The number of ether oxygens (including phenoxy) is 1. The molecule has 0 saturated heterocycles. The lowest BCUT2D eigenvalue weighted by atomic mass is 10.1. The molecule has 1 unspecified atom stereocenters. The molecule has 0 aliphatic carbocycles. The Kier molecular flexibility index (Phi) is 6.55. The minimum Gasteiger partial charge on any atom is -0.449 e. The Hall–Kier alpha value is -3.87. The molecule has 0 aliphatic rings. The van der Waals surface area contributed by atoms with Gasteiger partial charge in [0.05, 0.1) is 11.4 Å². The van der Waals surface area contributed by atoms with Crippen molar-refractivity contribution in [1.29, 1.82) is 0 Å². The summed E-state index contributed by atoms with van der Waals surface area (Å²) in [5, 5.41) is 2.60. The second-order valence-corrected chi connectivity index (χ2v) is 7.25. The fourth-order valence-corrected chi connectivity index (χ4v) is 3.05. The summed E-state index contributed by atoms with van der Waals surface area (Å²) in [5.41, 5.74) is 3.01. The van der Waals surface area contributed by atoms with Crippen LogP contribution in [-0.4, -0.2) is 27.3 Å². The molecule has 1 atom stereocenters. The highest BCUT2D eigenvalue weighted by molar-refractivity contribution is 5.97. The number of nitrogens with one attached hydrogen (secondary N) is 1. The van der Waals surface area contributed by atoms with E-state index in [-0.39, 0.29) is 11.2 Å². The number of benzene rings is 2. The number of carbonyl (C=O) groups excluding carboxylic acids is 2. The van der Waals surface area contributed by atoms with E-state index < -0.39 is 18.0 Å². The molecule has 0 radical (unpaired) electrons. The van der Waals surface area contributed by atoms with Crippen LogP contribution in [-0.2, 0) is 21.4 Å². The van der Waals surface area contributed by atoms with E-state index >= 15 is 0 Å². The van der Waals surface area contributed by atoms with Crippen LogP contribution in [0.3, 0.4) is 0 Å². The summed E-state index contributed by atoms with van der Waals surface area (Å²) >= 11 is 0. The fourth-order valence-electron chi connectivity index (χ4n) is 3.05. The van der Waals surface area contributed by atoms with Crippen LogP contribution in [0, 0.1) is 13.8 Å². The molecule has 0 spiro atoms. The van der Waals surface area contributed by atoms with Crippen molar-refractivity contribution in [1.82, 2.24) is 9.36 Å². The van der Waals surface area contributed by atoms with Gasteiger partial charge in [-0.2, -0.15) is 0 Å². The fraction of sp³-hybridized carbons (Fsp3) is 0.208. The lowest BCUT2D eigenvalue weighted by Gasteiger charge is -2.11. The van der Waals surface area contributed by atoms with Crippen molar-refractivity contribution in [3.63, 3.8) is 0 Å². The number of esters is 1. The summed E-state index contributed by atoms with van der Waals surface area (Å²) in [7, 11) is 1.73. The van der Waals surface area contributed by atoms with Gasteiger partial charge in [-0.3, -0.25) is 14.3 Å². The predicted octanol–water partition coefficient (Wildman–Crippen LogP) is 3.38. The molecule has 0 saturated carbocycles. The van der Waals surface area contributed by atoms with E-state index in [1.54, 1.807) is 36.9 Å². The van der Waals surface area contributed by atoms with Crippen LogP contribution < -0.4 is 10.9 Å². The number of anilines is 1. The molecule has 3 aromatic rings. The van der Waals surface area contributed by atoms with Gasteiger partial charge in [-0.25, -0.2) is 9.48 Å². The van der Waals surface area contributed by atoms with Gasteiger partial charge in [0.15, 0.2) is 6.10 Å². The maximum atomic E-state index is 12.9. The molecule has 7 heteroatoms. The zero-order chi connectivity index (χ0) is 22.5. The van der Waals surface area contributed by atoms with E-state index in [9.17, 15) is 14.4 Å². The highest BCUT2D eigenvalue weighted by Crippen LogP contribution is 2.14. The van der Waals surface area contributed by atoms with Gasteiger partial charge in [0.25, 0.3) is 11.5 Å². The summed E-state index contributed by atoms with van der Waals surface area (Å²) in [4.78, 5) is 37.5. The maximum absolute atomic E-state index is 12.9. The van der Waals surface area contributed by atoms with Gasteiger partial charge in [-0.15, -0.1) is 0 Å². The van der Waals surface area contributed by atoms with Crippen LogP contribution in [0.4, 0.5) is 5.69 Å². The van der Waals surface area contributed by atoms with Gasteiger partial charge in [0.2, 0.25) is 0 Å². The first-order valence-corrected chi connectivity index (χ1v) is 9.88. The Labute approximate surface area is 180 Å². The van der Waals surface area contributed by atoms with Crippen molar-refractivity contribution < 1.29 is 14.3 Å². The van der Waals surface area contributed by atoms with Crippen molar-refractivity contribution >= 4 is 23.6 Å². The van der Waals surface area contributed by atoms with Crippen LogP contribution in [0.25, 0.3) is 11.8 Å². The first-order chi connectivity index (χ1) is 14.8. The SMILES string of the molecule is Cc1ccc(/C=C/C(=O)OC(C)C(=O)Nc2c(C)n(C)n(-c3ccccc3)c2=O)cc1. The second kappa shape index (κ2) is 9.30. The number of hydrogen-bond donors (Lipinski definition) is 1. The first-order valence-electron chi connectivity index (χ1n) is 9.88. The summed E-state index contributed by atoms with van der Waals surface area (Å²) in [6.45, 7) is 5.17. The van der Waals surface area contributed by atoms with Crippen molar-refractivity contribution in [2.75, 3.05) is 5.32 Å². The van der Waals surface area contributed by atoms with Crippen LogP contribution in [0.15, 0.2) is 65.5 Å². The largest absolute Gasteiger partial charge is 0.449 e. The lowest BCUT2D eigenvalue weighted by Crippen LogP contribution is -2.31. The smallest absolute Gasteiger partial charge is 0.331 e. The number of aryl methyl sites for hydroxylation is 1. The third-order valence-electron chi connectivity index (χ3n) is 4.95. The normalized spacial score (nSPS) is 12.0. The summed E-state index contributed by atoms with van der Waals surface area (Å²) in [6.07, 6.45) is 1.82. The lowest BCUT2D eigenvalue weighted by molar-refractivity contribution is -0.148. The van der Waals surface area contributed by atoms with Crippen LogP contribution in [0.1, 0.15) is 23.7 Å². The average molecular weight is 419 g/mol. The van der Waals surface area contributed by atoms with E-state index in [1.807, 2.05) is 49.4 Å². The first kappa shape index (κ1) is 21.8. The van der Waals surface area contributed by atoms with Gasteiger partial charge >= 0.3 is 5.97 Å². The molecule has 1 heterocycles. The highest BCUT2D eigenvalue weighted by atomic mass is 16.5. The molecular weight excluding hydrogens is 394 g/mol. The topological polar surface area (TPSA) is 82.3 Å². The van der Waals surface area contributed by atoms with Crippen molar-refractivity contribution in [2.24, 2.45) is 7.05 Å². The van der Waals surface area contributed by atoms with Gasteiger partial charge < -0.3 is 10.1 Å². The minimum absolute atomic E-state index is 0.148. The molecular formula is C24H25N3O4. The quantitative estimate of drug-likeness (QED) is 0.491. The number of carbonyl (C=O) groups is 2. The molecule has 7 nitrogen and oxygen atoms in total. The minimum atomic E-state index is -1.07. The van der Waals surface area contributed by atoms with Gasteiger partial charge in [0, 0.05) is 13.1 Å². The molecule has 31 heavy (non-hydrogen) atoms. The van der Waals surface area contributed by atoms with E-state index in [0.29, 0.717) is 11.4 Å². The number of para-hydroxylation sites is 1. The molecule has 1 amide bonds. The average Bonchev–Trinajstić information content (AvgIpc) is 2.97. The van der Waals surface area contributed by atoms with E-state index in [4.69, 9.17) is 4.74 Å². The van der Waals surface area contributed by atoms with Gasteiger partial charge in [-0.05, 0) is 44.5 Å².